The van der Waals surface area contributed by atoms with E-state index in [4.69, 9.17) is 4.52 Å². The summed E-state index contributed by atoms with van der Waals surface area (Å²) in [5.74, 6) is 0.323. The Morgan fingerprint density at radius 1 is 1.19 bits per heavy atom. The number of aromatic nitrogens is 3. The molecule has 3 aromatic rings. The Hall–Kier alpha value is -2.74. The van der Waals surface area contributed by atoms with E-state index in [1.54, 1.807) is 24.3 Å². The molecule has 1 saturated carbocycles. The van der Waals surface area contributed by atoms with E-state index in [1.807, 2.05) is 26.0 Å². The zero-order chi connectivity index (χ0) is 22.0. The molecule has 1 fully saturated rings. The predicted octanol–water partition coefficient (Wildman–Crippen LogP) is 4.64. The summed E-state index contributed by atoms with van der Waals surface area (Å²) >= 11 is 1.58. The minimum atomic E-state index is -0.707. The molecule has 0 bridgehead atoms. The van der Waals surface area contributed by atoms with E-state index < -0.39 is 6.04 Å². The summed E-state index contributed by atoms with van der Waals surface area (Å²) in [7, 11) is 0. The van der Waals surface area contributed by atoms with Crippen molar-refractivity contribution in [1.29, 1.82) is 0 Å². The Morgan fingerprint density at radius 2 is 1.94 bits per heavy atom. The molecule has 1 aliphatic rings. The first-order chi connectivity index (χ1) is 14.9. The second-order valence-corrected chi connectivity index (χ2v) is 9.59. The van der Waals surface area contributed by atoms with Crippen molar-refractivity contribution in [3.63, 3.8) is 0 Å². The summed E-state index contributed by atoms with van der Waals surface area (Å²) in [4.78, 5) is 28.0. The third kappa shape index (κ3) is 4.79. The predicted molar refractivity (Wildman–Crippen MR) is 121 cm³/mol. The van der Waals surface area contributed by atoms with Crippen molar-refractivity contribution in [3.05, 3.63) is 45.2 Å². The van der Waals surface area contributed by atoms with Gasteiger partial charge in [-0.25, -0.2) is 4.68 Å². The van der Waals surface area contributed by atoms with Gasteiger partial charge in [-0.15, -0.1) is 11.3 Å². The fourth-order valence-electron chi connectivity index (χ4n) is 4.03. The smallest absolute Gasteiger partial charge is 0.268 e. The molecule has 0 radical (unpaired) electrons. The van der Waals surface area contributed by atoms with Crippen LogP contribution in [0.15, 0.2) is 33.6 Å². The lowest BCUT2D eigenvalue weighted by Gasteiger charge is -2.20. The van der Waals surface area contributed by atoms with E-state index in [0.717, 1.165) is 41.1 Å². The number of hydrogen-bond acceptors (Lipinski definition) is 6. The molecule has 7 nitrogen and oxygen atoms in total. The highest BCUT2D eigenvalue weighted by Gasteiger charge is 2.24. The van der Waals surface area contributed by atoms with Crippen LogP contribution < -0.4 is 10.9 Å². The van der Waals surface area contributed by atoms with Crippen LogP contribution in [0.5, 0.6) is 0 Å². The average molecular weight is 441 g/mol. The maximum absolute atomic E-state index is 13.0. The minimum absolute atomic E-state index is 0.168. The normalized spacial score (nSPS) is 16.1. The summed E-state index contributed by atoms with van der Waals surface area (Å²) in [5.41, 5.74) is 1.58. The molecule has 1 aliphatic carbocycles. The highest BCUT2D eigenvalue weighted by Crippen LogP contribution is 2.34. The highest BCUT2D eigenvalue weighted by molar-refractivity contribution is 7.15. The first-order valence-electron chi connectivity index (χ1n) is 10.9. The Balaban J connectivity index is 1.69. The van der Waals surface area contributed by atoms with Crippen LogP contribution in [0.25, 0.3) is 21.9 Å². The molecule has 1 N–H and O–H groups in total. The van der Waals surface area contributed by atoms with Crippen LogP contribution >= 0.6 is 11.3 Å². The molecule has 8 heteroatoms. The molecule has 1 amide bonds. The first-order valence-corrected chi connectivity index (χ1v) is 11.7. The molecular formula is C23H28N4O3S. The van der Waals surface area contributed by atoms with Crippen molar-refractivity contribution in [2.45, 2.75) is 71.4 Å². The Kier molecular flexibility index (Phi) is 6.36. The van der Waals surface area contributed by atoms with Gasteiger partial charge in [-0.05, 0) is 45.7 Å². The number of carbonyl (C=O) groups is 1. The van der Waals surface area contributed by atoms with E-state index >= 15 is 0 Å². The van der Waals surface area contributed by atoms with Gasteiger partial charge in [0.05, 0.1) is 16.1 Å². The summed E-state index contributed by atoms with van der Waals surface area (Å²) in [6.45, 7) is 5.57. The molecule has 0 saturated heterocycles. The average Bonchev–Trinajstić information content (AvgIpc) is 3.29. The molecular weight excluding hydrogens is 412 g/mol. The van der Waals surface area contributed by atoms with Crippen molar-refractivity contribution in [3.8, 4) is 21.9 Å². The molecule has 0 aliphatic heterocycles. The SMILES string of the molecule is Cc1cc(-c2cc(=O)n([C@H](C)C(=O)NC3CCCCCC3)nc2-c2ccc(C)s2)on1. The van der Waals surface area contributed by atoms with Gasteiger partial charge in [0.2, 0.25) is 5.91 Å². The lowest BCUT2D eigenvalue weighted by Crippen LogP contribution is -2.41. The van der Waals surface area contributed by atoms with Crippen LogP contribution in [-0.4, -0.2) is 26.9 Å². The molecule has 164 valence electrons. The molecule has 31 heavy (non-hydrogen) atoms. The number of aryl methyl sites for hydroxylation is 2. The standard InChI is InChI=1S/C23H28N4O3S/c1-14-12-19(30-26-14)18-13-21(28)27(25-22(18)20-11-10-15(2)31-20)16(3)23(29)24-17-8-6-4-5-7-9-17/h10-13,16-17H,4-9H2,1-3H3,(H,24,29)/t16-/m1/s1. The minimum Gasteiger partial charge on any atom is -0.356 e. The Bertz CT molecular complexity index is 1120. The van der Waals surface area contributed by atoms with Crippen LogP contribution in [0.1, 0.15) is 62.1 Å². The lowest BCUT2D eigenvalue weighted by atomic mass is 10.1. The van der Waals surface area contributed by atoms with Crippen molar-refractivity contribution < 1.29 is 9.32 Å². The molecule has 1 atom stereocenters. The Labute approximate surface area is 185 Å². The highest BCUT2D eigenvalue weighted by atomic mass is 32.1. The van der Waals surface area contributed by atoms with E-state index in [1.165, 1.54) is 23.6 Å². The number of carbonyl (C=O) groups excluding carboxylic acids is 1. The van der Waals surface area contributed by atoms with Crippen LogP contribution in [0.2, 0.25) is 0 Å². The molecule has 0 aromatic carbocycles. The second-order valence-electron chi connectivity index (χ2n) is 8.31. The van der Waals surface area contributed by atoms with Crippen LogP contribution in [0, 0.1) is 13.8 Å². The molecule has 3 aromatic heterocycles. The van der Waals surface area contributed by atoms with Crippen LogP contribution in [-0.2, 0) is 4.79 Å². The molecule has 0 unspecified atom stereocenters. The van der Waals surface area contributed by atoms with Crippen molar-refractivity contribution >= 4 is 17.2 Å². The van der Waals surface area contributed by atoms with Gasteiger partial charge < -0.3 is 9.84 Å². The van der Waals surface area contributed by atoms with E-state index in [2.05, 4.69) is 15.6 Å². The lowest BCUT2D eigenvalue weighted by molar-refractivity contribution is -0.125. The maximum Gasteiger partial charge on any atom is 0.268 e. The van der Waals surface area contributed by atoms with E-state index in [0.29, 0.717) is 17.0 Å². The number of hydrogen-bond donors (Lipinski definition) is 1. The number of nitrogens with one attached hydrogen (secondary N) is 1. The van der Waals surface area contributed by atoms with Crippen molar-refractivity contribution in [2.75, 3.05) is 0 Å². The van der Waals surface area contributed by atoms with Gasteiger partial charge in [-0.3, -0.25) is 9.59 Å². The summed E-state index contributed by atoms with van der Waals surface area (Å²) in [6.07, 6.45) is 6.67. The molecule has 3 heterocycles. The fraction of sp³-hybridized carbons (Fsp3) is 0.478. The van der Waals surface area contributed by atoms with E-state index in [9.17, 15) is 9.59 Å². The van der Waals surface area contributed by atoms with Gasteiger partial charge in [0.15, 0.2) is 5.76 Å². The summed E-state index contributed by atoms with van der Waals surface area (Å²) in [6, 6.07) is 6.72. The number of thiophene rings is 1. The van der Waals surface area contributed by atoms with Gasteiger partial charge in [0, 0.05) is 23.1 Å². The summed E-state index contributed by atoms with van der Waals surface area (Å²) in [5, 5.41) is 11.7. The van der Waals surface area contributed by atoms with Gasteiger partial charge in [-0.1, -0.05) is 30.8 Å². The third-order valence-corrected chi connectivity index (χ3v) is 6.78. The van der Waals surface area contributed by atoms with Crippen molar-refractivity contribution in [1.82, 2.24) is 20.3 Å². The summed E-state index contributed by atoms with van der Waals surface area (Å²) < 4.78 is 6.70. The zero-order valence-corrected chi connectivity index (χ0v) is 19.0. The molecule has 4 rings (SSSR count). The zero-order valence-electron chi connectivity index (χ0n) is 18.2. The van der Waals surface area contributed by atoms with Gasteiger partial charge >= 0.3 is 0 Å². The van der Waals surface area contributed by atoms with Gasteiger partial charge in [-0.2, -0.15) is 5.10 Å². The number of nitrogens with zero attached hydrogens (tertiary/aromatic N) is 3. The van der Waals surface area contributed by atoms with E-state index in [-0.39, 0.29) is 17.5 Å². The topological polar surface area (TPSA) is 90.0 Å². The second kappa shape index (κ2) is 9.18. The first kappa shape index (κ1) is 21.5. The van der Waals surface area contributed by atoms with Crippen LogP contribution in [0.4, 0.5) is 0 Å². The fourth-order valence-corrected chi connectivity index (χ4v) is 4.89. The number of rotatable bonds is 5. The van der Waals surface area contributed by atoms with Crippen LogP contribution in [0.3, 0.4) is 0 Å². The number of amides is 1. The van der Waals surface area contributed by atoms with Gasteiger partial charge in [0.1, 0.15) is 11.7 Å². The largest absolute Gasteiger partial charge is 0.356 e. The maximum atomic E-state index is 13.0. The molecule has 0 spiro atoms. The third-order valence-electron chi connectivity index (χ3n) is 5.77. The van der Waals surface area contributed by atoms with Gasteiger partial charge in [0.25, 0.3) is 5.56 Å². The monoisotopic (exact) mass is 440 g/mol. The Morgan fingerprint density at radius 3 is 2.55 bits per heavy atom. The quantitative estimate of drug-likeness (QED) is 0.584. The van der Waals surface area contributed by atoms with Crippen molar-refractivity contribution in [2.24, 2.45) is 0 Å².